The van der Waals surface area contributed by atoms with Gasteiger partial charge in [0.2, 0.25) is 0 Å². The average molecular weight is 328 g/mol. The molecule has 1 atom stereocenters. The maximum Gasteiger partial charge on any atom is 0.125 e. The first-order valence-electron chi connectivity index (χ1n) is 5.76. The molecule has 0 spiro atoms. The van der Waals surface area contributed by atoms with E-state index < -0.39 is 0 Å². The van der Waals surface area contributed by atoms with Crippen LogP contribution in [0.4, 0.5) is 10.1 Å². The van der Waals surface area contributed by atoms with Gasteiger partial charge >= 0.3 is 0 Å². The highest BCUT2D eigenvalue weighted by Gasteiger charge is 2.12. The van der Waals surface area contributed by atoms with Gasteiger partial charge in [0.25, 0.3) is 0 Å². The van der Waals surface area contributed by atoms with Crippen molar-refractivity contribution in [1.82, 2.24) is 0 Å². The third-order valence-electron chi connectivity index (χ3n) is 2.85. The molecule has 18 heavy (non-hydrogen) atoms. The second kappa shape index (κ2) is 5.41. The van der Waals surface area contributed by atoms with E-state index in [-0.39, 0.29) is 11.9 Å². The van der Waals surface area contributed by atoms with E-state index >= 15 is 0 Å². The van der Waals surface area contributed by atoms with Crippen molar-refractivity contribution >= 4 is 33.0 Å². The number of halogens is 2. The van der Waals surface area contributed by atoms with Gasteiger partial charge in [0.15, 0.2) is 0 Å². The minimum atomic E-state index is -0.230. The fourth-order valence-electron chi connectivity index (χ4n) is 2.00. The quantitative estimate of drug-likeness (QED) is 0.791. The van der Waals surface area contributed by atoms with Gasteiger partial charge in [0.05, 0.1) is 5.69 Å². The summed E-state index contributed by atoms with van der Waals surface area (Å²) in [6, 6.07) is 7.02. The summed E-state index contributed by atoms with van der Waals surface area (Å²) in [4.78, 5) is 2.61. The average Bonchev–Trinajstić information content (AvgIpc) is 2.63. The molecule has 4 heteroatoms. The van der Waals surface area contributed by atoms with E-state index in [0.29, 0.717) is 0 Å². The highest BCUT2D eigenvalue weighted by Crippen LogP contribution is 2.31. The molecule has 1 aromatic heterocycles. The number of aryl methyl sites for hydroxylation is 2. The van der Waals surface area contributed by atoms with Crippen LogP contribution in [0.1, 0.15) is 28.3 Å². The Bertz CT molecular complexity index is 565. The second-order valence-electron chi connectivity index (χ2n) is 4.36. The largest absolute Gasteiger partial charge is 0.377 e. The molecule has 0 aliphatic rings. The van der Waals surface area contributed by atoms with Gasteiger partial charge in [0.1, 0.15) is 5.82 Å². The molecule has 2 rings (SSSR count). The van der Waals surface area contributed by atoms with E-state index in [9.17, 15) is 4.39 Å². The lowest BCUT2D eigenvalue weighted by Crippen LogP contribution is -2.07. The van der Waals surface area contributed by atoms with Crippen molar-refractivity contribution in [3.05, 3.63) is 49.9 Å². The molecule has 0 radical (unpaired) electrons. The number of thiophene rings is 1. The topological polar surface area (TPSA) is 12.0 Å². The zero-order chi connectivity index (χ0) is 13.3. The first-order valence-corrected chi connectivity index (χ1v) is 7.37. The van der Waals surface area contributed by atoms with Crippen LogP contribution < -0.4 is 5.32 Å². The van der Waals surface area contributed by atoms with Crippen LogP contribution in [0.25, 0.3) is 0 Å². The summed E-state index contributed by atoms with van der Waals surface area (Å²) in [5.74, 6) is -0.230. The van der Waals surface area contributed by atoms with Crippen LogP contribution in [-0.4, -0.2) is 0 Å². The molecule has 2 aromatic rings. The van der Waals surface area contributed by atoms with Gasteiger partial charge in [-0.3, -0.25) is 0 Å². The molecule has 1 heterocycles. The standard InChI is InChI=1S/C14H15BrFNS/c1-8-6-12(10(3)18-8)9(2)17-14-7-11(16)4-5-13(14)15/h4-7,9,17H,1-3H3. The maximum absolute atomic E-state index is 13.2. The van der Waals surface area contributed by atoms with E-state index in [1.807, 2.05) is 0 Å². The third-order valence-corrected chi connectivity index (χ3v) is 4.52. The number of anilines is 1. The minimum absolute atomic E-state index is 0.160. The first-order chi connectivity index (χ1) is 8.47. The Kier molecular flexibility index (Phi) is 4.07. The van der Waals surface area contributed by atoms with Gasteiger partial charge in [0, 0.05) is 20.3 Å². The van der Waals surface area contributed by atoms with Gasteiger partial charge < -0.3 is 5.32 Å². The van der Waals surface area contributed by atoms with Crippen LogP contribution in [0.5, 0.6) is 0 Å². The fraction of sp³-hybridized carbons (Fsp3) is 0.286. The number of benzene rings is 1. The van der Waals surface area contributed by atoms with Crippen molar-refractivity contribution in [2.45, 2.75) is 26.8 Å². The van der Waals surface area contributed by atoms with E-state index in [1.54, 1.807) is 17.4 Å². The van der Waals surface area contributed by atoms with Gasteiger partial charge in [-0.25, -0.2) is 4.39 Å². The van der Waals surface area contributed by atoms with Crippen molar-refractivity contribution < 1.29 is 4.39 Å². The lowest BCUT2D eigenvalue weighted by Gasteiger charge is -2.16. The number of rotatable bonds is 3. The molecule has 96 valence electrons. The number of hydrogen-bond donors (Lipinski definition) is 1. The van der Waals surface area contributed by atoms with Crippen molar-refractivity contribution in [3.8, 4) is 0 Å². The van der Waals surface area contributed by atoms with E-state index in [2.05, 4.69) is 48.1 Å². The molecular formula is C14H15BrFNS. The zero-order valence-electron chi connectivity index (χ0n) is 10.6. The number of hydrogen-bond acceptors (Lipinski definition) is 2. The third kappa shape index (κ3) is 2.93. The van der Waals surface area contributed by atoms with Crippen molar-refractivity contribution in [2.75, 3.05) is 5.32 Å². The summed E-state index contributed by atoms with van der Waals surface area (Å²) in [7, 11) is 0. The minimum Gasteiger partial charge on any atom is -0.377 e. The lowest BCUT2D eigenvalue weighted by atomic mass is 10.1. The maximum atomic E-state index is 13.2. The summed E-state index contributed by atoms with van der Waals surface area (Å²) in [5.41, 5.74) is 2.06. The van der Waals surface area contributed by atoms with Crippen LogP contribution in [-0.2, 0) is 0 Å². The molecule has 1 unspecified atom stereocenters. The van der Waals surface area contributed by atoms with Gasteiger partial charge in [-0.15, -0.1) is 11.3 Å². The van der Waals surface area contributed by atoms with Gasteiger partial charge in [-0.2, -0.15) is 0 Å². The first kappa shape index (κ1) is 13.6. The molecule has 0 fully saturated rings. The van der Waals surface area contributed by atoms with E-state index in [4.69, 9.17) is 0 Å². The second-order valence-corrected chi connectivity index (χ2v) is 6.67. The summed E-state index contributed by atoms with van der Waals surface area (Å²) in [6.45, 7) is 6.31. The van der Waals surface area contributed by atoms with Crippen LogP contribution >= 0.6 is 27.3 Å². The van der Waals surface area contributed by atoms with E-state index in [1.165, 1.54) is 27.5 Å². The Hall–Kier alpha value is -0.870. The van der Waals surface area contributed by atoms with Crippen LogP contribution in [0.15, 0.2) is 28.7 Å². The van der Waals surface area contributed by atoms with E-state index in [0.717, 1.165) is 10.2 Å². The number of nitrogens with one attached hydrogen (secondary N) is 1. The summed E-state index contributed by atoms with van der Waals surface area (Å²) in [5, 5.41) is 3.34. The summed E-state index contributed by atoms with van der Waals surface area (Å²) in [6.07, 6.45) is 0. The summed E-state index contributed by atoms with van der Waals surface area (Å²) < 4.78 is 14.1. The monoisotopic (exact) mass is 327 g/mol. The Labute approximate surface area is 119 Å². The highest BCUT2D eigenvalue weighted by molar-refractivity contribution is 9.10. The van der Waals surface area contributed by atoms with Gasteiger partial charge in [-0.1, -0.05) is 0 Å². The predicted octanol–water partition coefficient (Wildman–Crippen LogP) is 5.44. The molecule has 1 aromatic carbocycles. The molecular weight excluding hydrogens is 313 g/mol. The summed E-state index contributed by atoms with van der Waals surface area (Å²) >= 11 is 5.22. The van der Waals surface area contributed by atoms with Gasteiger partial charge in [-0.05, 0) is 66.5 Å². The Balaban J connectivity index is 2.23. The lowest BCUT2D eigenvalue weighted by molar-refractivity contribution is 0.627. The zero-order valence-corrected chi connectivity index (χ0v) is 13.0. The molecule has 0 aliphatic heterocycles. The molecule has 1 nitrogen and oxygen atoms in total. The van der Waals surface area contributed by atoms with Crippen LogP contribution in [0.3, 0.4) is 0 Å². The Morgan fingerprint density at radius 3 is 2.61 bits per heavy atom. The smallest absolute Gasteiger partial charge is 0.125 e. The van der Waals surface area contributed by atoms with Crippen LogP contribution in [0.2, 0.25) is 0 Å². The Morgan fingerprint density at radius 1 is 1.28 bits per heavy atom. The molecule has 0 bridgehead atoms. The molecule has 0 saturated heterocycles. The van der Waals surface area contributed by atoms with Crippen molar-refractivity contribution in [2.24, 2.45) is 0 Å². The highest BCUT2D eigenvalue weighted by atomic mass is 79.9. The molecule has 0 saturated carbocycles. The molecule has 0 amide bonds. The predicted molar refractivity (Wildman–Crippen MR) is 79.9 cm³/mol. The van der Waals surface area contributed by atoms with Crippen molar-refractivity contribution in [1.29, 1.82) is 0 Å². The Morgan fingerprint density at radius 2 is 2.00 bits per heavy atom. The molecule has 0 aliphatic carbocycles. The fourth-order valence-corrected chi connectivity index (χ4v) is 3.38. The SMILES string of the molecule is Cc1cc(C(C)Nc2cc(F)ccc2Br)c(C)s1. The van der Waals surface area contributed by atoms with Crippen LogP contribution in [0, 0.1) is 19.7 Å². The van der Waals surface area contributed by atoms with Crippen molar-refractivity contribution in [3.63, 3.8) is 0 Å². The molecule has 1 N–H and O–H groups in total. The normalized spacial score (nSPS) is 12.5.